The molecule has 0 spiro atoms. The maximum Gasteiger partial charge on any atom is 0.490 e. The van der Waals surface area contributed by atoms with Crippen molar-refractivity contribution in [3.05, 3.63) is 84.1 Å². The highest BCUT2D eigenvalue weighted by atomic mass is 32.2. The number of fused-ring (bicyclic) bond motifs is 1. The van der Waals surface area contributed by atoms with Gasteiger partial charge in [-0.05, 0) is 114 Å². The number of hydrogen-bond acceptors (Lipinski definition) is 9. The lowest BCUT2D eigenvalue weighted by molar-refractivity contribution is -0.192. The van der Waals surface area contributed by atoms with Gasteiger partial charge in [0.2, 0.25) is 15.9 Å². The maximum atomic E-state index is 14.0. The number of nitrogen functional groups attached to an aromatic ring is 1. The number of carboxylic acids is 1. The molecule has 1 aromatic heterocycles. The molecule has 4 aromatic rings. The van der Waals surface area contributed by atoms with E-state index in [1.807, 2.05) is 58.0 Å². The first-order valence-electron chi connectivity index (χ1n) is 16.2. The molecule has 6 N–H and O–H groups in total. The number of aliphatic carboxylic acids is 1. The largest absolute Gasteiger partial charge is 0.490 e. The molecule has 4 rings (SSSR count). The Kier molecular flexibility index (Phi) is 13.5. The standard InChI is InChI=1S/C34H43N5O5S.C2HF3O2/c1-8-43-30-20-25(12-15-29(30)44-21(2)3)31(38-26-13-14-28-24(18-26)16-17-36-32(28)35)33(40)37-22(4)23-10-9-11-27(19-23)45(41,42)39-34(5,6)7;3-2(4,5)1(6)7/h9-22,31,38-39H,8H2,1-7H3,(H2,35,36)(H,37,40);(H,6,7). The summed E-state index contributed by atoms with van der Waals surface area (Å²) in [4.78, 5) is 27.2. The van der Waals surface area contributed by atoms with Crippen molar-refractivity contribution in [2.75, 3.05) is 17.7 Å². The zero-order valence-corrected chi connectivity index (χ0v) is 30.6. The number of carboxylic acid groups (broad SMARTS) is 1. The summed E-state index contributed by atoms with van der Waals surface area (Å²) in [7, 11) is -3.76. The van der Waals surface area contributed by atoms with Crippen LogP contribution in [-0.4, -0.2) is 54.8 Å². The second-order valence-electron chi connectivity index (χ2n) is 13.0. The lowest BCUT2D eigenvalue weighted by atomic mass is 10.0. The summed E-state index contributed by atoms with van der Waals surface area (Å²) in [5.41, 5.74) is 7.40. The van der Waals surface area contributed by atoms with E-state index in [0.717, 1.165) is 10.8 Å². The van der Waals surface area contributed by atoms with Crippen LogP contribution in [0.1, 0.15) is 71.7 Å². The molecule has 282 valence electrons. The summed E-state index contributed by atoms with van der Waals surface area (Å²) < 4.78 is 72.2. The topological polar surface area (TPSA) is 182 Å². The molecule has 16 heteroatoms. The monoisotopic (exact) mass is 747 g/mol. The highest BCUT2D eigenvalue weighted by Gasteiger charge is 2.38. The van der Waals surface area contributed by atoms with E-state index in [-0.39, 0.29) is 16.9 Å². The predicted molar refractivity (Wildman–Crippen MR) is 193 cm³/mol. The van der Waals surface area contributed by atoms with E-state index in [9.17, 15) is 26.4 Å². The third-order valence-electron chi connectivity index (χ3n) is 7.04. The van der Waals surface area contributed by atoms with Crippen LogP contribution in [0.5, 0.6) is 11.5 Å². The van der Waals surface area contributed by atoms with Crippen LogP contribution in [-0.2, 0) is 19.6 Å². The molecule has 1 amide bonds. The number of carbonyl (C=O) groups excluding carboxylic acids is 1. The summed E-state index contributed by atoms with van der Waals surface area (Å²) in [6, 6.07) is 18.1. The summed E-state index contributed by atoms with van der Waals surface area (Å²) in [5, 5.41) is 15.3. The van der Waals surface area contributed by atoms with Gasteiger partial charge in [0.25, 0.3) is 0 Å². The van der Waals surface area contributed by atoms with Gasteiger partial charge in [-0.1, -0.05) is 18.2 Å². The van der Waals surface area contributed by atoms with Crippen molar-refractivity contribution in [3.8, 4) is 11.5 Å². The number of nitrogens with one attached hydrogen (secondary N) is 3. The van der Waals surface area contributed by atoms with Crippen LogP contribution >= 0.6 is 0 Å². The number of benzene rings is 3. The van der Waals surface area contributed by atoms with Crippen molar-refractivity contribution in [2.24, 2.45) is 0 Å². The molecule has 0 aliphatic heterocycles. The highest BCUT2D eigenvalue weighted by Crippen LogP contribution is 2.34. The van der Waals surface area contributed by atoms with Crippen molar-refractivity contribution in [1.82, 2.24) is 15.0 Å². The molecular weight excluding hydrogens is 703 g/mol. The number of nitrogens with zero attached hydrogens (tertiary/aromatic N) is 1. The van der Waals surface area contributed by atoms with Crippen LogP contribution in [0.2, 0.25) is 0 Å². The predicted octanol–water partition coefficient (Wildman–Crippen LogP) is 6.74. The van der Waals surface area contributed by atoms with Gasteiger partial charge in [0, 0.05) is 22.8 Å². The first-order chi connectivity index (χ1) is 24.1. The quantitative estimate of drug-likeness (QED) is 0.104. The smallest absolute Gasteiger partial charge is 0.490 e. The lowest BCUT2D eigenvalue weighted by Gasteiger charge is -2.25. The van der Waals surface area contributed by atoms with Crippen molar-refractivity contribution in [3.63, 3.8) is 0 Å². The summed E-state index contributed by atoms with van der Waals surface area (Å²) in [6.45, 7) is 13.3. The summed E-state index contributed by atoms with van der Waals surface area (Å²) >= 11 is 0. The minimum Gasteiger partial charge on any atom is -0.490 e. The molecule has 1 heterocycles. The van der Waals surface area contributed by atoms with Gasteiger partial charge in [0.1, 0.15) is 11.9 Å². The fourth-order valence-corrected chi connectivity index (χ4v) is 6.35. The zero-order valence-electron chi connectivity index (χ0n) is 29.8. The van der Waals surface area contributed by atoms with Crippen molar-refractivity contribution in [1.29, 1.82) is 0 Å². The molecule has 0 saturated carbocycles. The van der Waals surface area contributed by atoms with E-state index in [1.165, 1.54) is 6.07 Å². The molecule has 0 radical (unpaired) electrons. The number of halogens is 3. The Morgan fingerprint density at radius 1 is 0.942 bits per heavy atom. The van der Waals surface area contributed by atoms with Gasteiger partial charge in [-0.2, -0.15) is 13.2 Å². The number of ether oxygens (including phenoxy) is 2. The Morgan fingerprint density at radius 2 is 1.62 bits per heavy atom. The number of aromatic nitrogens is 1. The first-order valence-corrected chi connectivity index (χ1v) is 17.7. The number of alkyl halides is 3. The second kappa shape index (κ2) is 17.0. The van der Waals surface area contributed by atoms with Crippen LogP contribution in [0.25, 0.3) is 10.8 Å². The van der Waals surface area contributed by atoms with E-state index in [1.54, 1.807) is 57.3 Å². The molecular formula is C36H44F3N5O7S. The van der Waals surface area contributed by atoms with E-state index < -0.39 is 39.8 Å². The number of nitrogens with two attached hydrogens (primary N) is 1. The second-order valence-corrected chi connectivity index (χ2v) is 14.7. The van der Waals surface area contributed by atoms with E-state index in [4.69, 9.17) is 25.1 Å². The third-order valence-corrected chi connectivity index (χ3v) is 8.80. The molecule has 3 aromatic carbocycles. The molecule has 0 saturated heterocycles. The summed E-state index contributed by atoms with van der Waals surface area (Å²) in [5.74, 6) is -1.55. The van der Waals surface area contributed by atoms with E-state index in [2.05, 4.69) is 20.3 Å². The number of carbonyl (C=O) groups is 2. The van der Waals surface area contributed by atoms with Gasteiger partial charge in [-0.15, -0.1) is 0 Å². The molecule has 12 nitrogen and oxygen atoms in total. The molecule has 0 aliphatic rings. The molecule has 0 aliphatic carbocycles. The fourth-order valence-electron chi connectivity index (χ4n) is 4.87. The zero-order chi connectivity index (χ0) is 39.0. The average Bonchev–Trinajstić information content (AvgIpc) is 3.03. The fraction of sp³-hybridized carbons (Fsp3) is 0.361. The van der Waals surface area contributed by atoms with Gasteiger partial charge < -0.3 is 30.9 Å². The minimum atomic E-state index is -5.08. The van der Waals surface area contributed by atoms with Crippen LogP contribution in [0.4, 0.5) is 24.7 Å². The molecule has 0 bridgehead atoms. The Morgan fingerprint density at radius 3 is 2.21 bits per heavy atom. The average molecular weight is 748 g/mol. The minimum absolute atomic E-state index is 0.0640. The normalized spacial score (nSPS) is 13.1. The van der Waals surface area contributed by atoms with Gasteiger partial charge >= 0.3 is 12.1 Å². The number of pyridine rings is 1. The number of rotatable bonds is 12. The van der Waals surface area contributed by atoms with Crippen LogP contribution in [0.3, 0.4) is 0 Å². The van der Waals surface area contributed by atoms with Crippen molar-refractivity contribution in [2.45, 2.75) is 83.3 Å². The molecule has 2 atom stereocenters. The number of sulfonamides is 1. The Labute approximate surface area is 301 Å². The molecule has 0 fully saturated rings. The van der Waals surface area contributed by atoms with Crippen LogP contribution in [0.15, 0.2) is 77.8 Å². The maximum absolute atomic E-state index is 14.0. The lowest BCUT2D eigenvalue weighted by Crippen LogP contribution is -2.40. The van der Waals surface area contributed by atoms with Gasteiger partial charge in [0.15, 0.2) is 11.5 Å². The van der Waals surface area contributed by atoms with Crippen LogP contribution < -0.4 is 30.6 Å². The van der Waals surface area contributed by atoms with Crippen molar-refractivity contribution >= 4 is 44.2 Å². The Hall–Kier alpha value is -5.09. The van der Waals surface area contributed by atoms with E-state index in [0.29, 0.717) is 40.7 Å². The van der Waals surface area contributed by atoms with Crippen LogP contribution in [0, 0.1) is 0 Å². The Balaban J connectivity index is 0.000000944. The SMILES string of the molecule is CCOc1cc(C(Nc2ccc3c(N)nccc3c2)C(=O)NC(C)c2cccc(S(=O)(=O)NC(C)(C)C)c2)ccc1OC(C)C.O=C(O)C(F)(F)F. The molecule has 2 unspecified atom stereocenters. The highest BCUT2D eigenvalue weighted by molar-refractivity contribution is 7.89. The first kappa shape index (κ1) is 41.3. The van der Waals surface area contributed by atoms with E-state index >= 15 is 0 Å². The number of amides is 1. The van der Waals surface area contributed by atoms with Gasteiger partial charge in [0.05, 0.1) is 23.6 Å². The molecule has 52 heavy (non-hydrogen) atoms. The van der Waals surface area contributed by atoms with Crippen molar-refractivity contribution < 1.29 is 45.8 Å². The number of hydrogen-bond donors (Lipinski definition) is 5. The van der Waals surface area contributed by atoms with Gasteiger partial charge in [-0.3, -0.25) is 4.79 Å². The summed E-state index contributed by atoms with van der Waals surface area (Å²) in [6.07, 6.45) is -3.51. The Bertz CT molecular complexity index is 1980. The van der Waals surface area contributed by atoms with Gasteiger partial charge in [-0.25, -0.2) is 22.9 Å². The third kappa shape index (κ3) is 11.7. The number of anilines is 2.